The van der Waals surface area contributed by atoms with E-state index in [-0.39, 0.29) is 12.1 Å². The van der Waals surface area contributed by atoms with Gasteiger partial charge < -0.3 is 0 Å². The Labute approximate surface area is 149 Å². The molecule has 0 fully saturated rings. The van der Waals surface area contributed by atoms with Gasteiger partial charge in [-0.05, 0) is 29.3 Å². The van der Waals surface area contributed by atoms with Crippen molar-refractivity contribution in [2.24, 2.45) is 7.05 Å². The number of hydrogen-bond donors (Lipinski definition) is 1. The number of halogens is 2. The standard InChI is InChI=1S/C17H16F2N4O2S/c1-23-10-14(9-21-23)17-3-2-12(7-20-17)8-22-26(24,25)11-13-4-15(18)6-16(19)5-13/h2-7,9-10,22H,8,11H2,1H3. The fraction of sp³-hybridized carbons (Fsp3) is 0.176. The summed E-state index contributed by atoms with van der Waals surface area (Å²) in [6.45, 7) is 0.0282. The number of hydrogen-bond acceptors (Lipinski definition) is 4. The van der Waals surface area contributed by atoms with E-state index >= 15 is 0 Å². The molecule has 0 unspecified atom stereocenters. The average Bonchev–Trinajstić information content (AvgIpc) is 2.98. The average molecular weight is 378 g/mol. The SMILES string of the molecule is Cn1cc(-c2ccc(CNS(=O)(=O)Cc3cc(F)cc(F)c3)cn2)cn1. The Morgan fingerprint density at radius 1 is 1.08 bits per heavy atom. The molecule has 1 aromatic carbocycles. The number of pyridine rings is 1. The van der Waals surface area contributed by atoms with Gasteiger partial charge in [0.05, 0.1) is 17.6 Å². The van der Waals surface area contributed by atoms with Crippen molar-refractivity contribution in [3.8, 4) is 11.3 Å². The summed E-state index contributed by atoms with van der Waals surface area (Å²) in [5, 5.41) is 4.07. The topological polar surface area (TPSA) is 76.9 Å². The molecule has 0 bridgehead atoms. The highest BCUT2D eigenvalue weighted by molar-refractivity contribution is 7.88. The van der Waals surface area contributed by atoms with Crippen LogP contribution < -0.4 is 4.72 Å². The highest BCUT2D eigenvalue weighted by Gasteiger charge is 2.13. The Morgan fingerprint density at radius 3 is 2.38 bits per heavy atom. The molecule has 0 amide bonds. The quantitative estimate of drug-likeness (QED) is 0.715. The van der Waals surface area contributed by atoms with Gasteiger partial charge in [-0.25, -0.2) is 21.9 Å². The predicted molar refractivity (Wildman–Crippen MR) is 92.3 cm³/mol. The highest BCUT2D eigenvalue weighted by atomic mass is 32.2. The maximum Gasteiger partial charge on any atom is 0.216 e. The molecule has 0 aliphatic heterocycles. The van der Waals surface area contributed by atoms with Crippen LogP contribution in [0.5, 0.6) is 0 Å². The molecule has 2 aromatic heterocycles. The molecule has 0 aliphatic carbocycles. The van der Waals surface area contributed by atoms with Gasteiger partial charge in [0.1, 0.15) is 11.6 Å². The van der Waals surface area contributed by atoms with E-state index in [0.717, 1.165) is 23.4 Å². The first kappa shape index (κ1) is 18.2. The first-order valence-corrected chi connectivity index (χ1v) is 9.32. The van der Waals surface area contributed by atoms with Gasteiger partial charge in [0.2, 0.25) is 10.0 Å². The van der Waals surface area contributed by atoms with E-state index in [4.69, 9.17) is 0 Å². The van der Waals surface area contributed by atoms with Gasteiger partial charge in [0, 0.05) is 37.6 Å². The van der Waals surface area contributed by atoms with Gasteiger partial charge >= 0.3 is 0 Å². The molecule has 0 atom stereocenters. The Morgan fingerprint density at radius 2 is 1.81 bits per heavy atom. The molecule has 0 saturated carbocycles. The molecule has 1 N–H and O–H groups in total. The van der Waals surface area contributed by atoms with Crippen LogP contribution in [-0.4, -0.2) is 23.2 Å². The van der Waals surface area contributed by atoms with Crippen LogP contribution in [0.15, 0.2) is 48.9 Å². The minimum absolute atomic E-state index is 0.0282. The predicted octanol–water partition coefficient (Wildman–Crippen LogP) is 2.38. The van der Waals surface area contributed by atoms with Crippen LogP contribution in [0.2, 0.25) is 0 Å². The summed E-state index contributed by atoms with van der Waals surface area (Å²) in [6, 6.07) is 6.19. The first-order valence-electron chi connectivity index (χ1n) is 7.67. The highest BCUT2D eigenvalue weighted by Crippen LogP contribution is 2.16. The van der Waals surface area contributed by atoms with Gasteiger partial charge in [0.25, 0.3) is 0 Å². The Bertz CT molecular complexity index is 997. The summed E-state index contributed by atoms with van der Waals surface area (Å²) in [6.07, 6.45) is 5.07. The molecule has 136 valence electrons. The number of sulfonamides is 1. The van der Waals surface area contributed by atoms with Crippen LogP contribution in [0.4, 0.5) is 8.78 Å². The summed E-state index contributed by atoms with van der Waals surface area (Å²) in [5.74, 6) is -2.14. The molecule has 3 aromatic rings. The lowest BCUT2D eigenvalue weighted by Crippen LogP contribution is -2.24. The third-order valence-electron chi connectivity index (χ3n) is 3.60. The summed E-state index contributed by atoms with van der Waals surface area (Å²) >= 11 is 0. The molecule has 0 aliphatic rings. The third kappa shape index (κ3) is 4.70. The Kier molecular flexibility index (Phi) is 5.10. The number of aryl methyl sites for hydroxylation is 1. The lowest BCUT2D eigenvalue weighted by Gasteiger charge is -2.08. The van der Waals surface area contributed by atoms with E-state index in [1.54, 1.807) is 36.3 Å². The van der Waals surface area contributed by atoms with Crippen molar-refractivity contribution < 1.29 is 17.2 Å². The van der Waals surface area contributed by atoms with Crippen LogP contribution in [-0.2, 0) is 29.4 Å². The van der Waals surface area contributed by atoms with Gasteiger partial charge in [-0.1, -0.05) is 6.07 Å². The smallest absolute Gasteiger partial charge is 0.216 e. The first-order chi connectivity index (χ1) is 12.3. The second kappa shape index (κ2) is 7.30. The van der Waals surface area contributed by atoms with Crippen LogP contribution in [0, 0.1) is 11.6 Å². The van der Waals surface area contributed by atoms with E-state index in [9.17, 15) is 17.2 Å². The maximum atomic E-state index is 13.2. The van der Waals surface area contributed by atoms with Crippen molar-refractivity contribution in [2.75, 3.05) is 0 Å². The molecule has 6 nitrogen and oxygen atoms in total. The largest absolute Gasteiger partial charge is 0.275 e. The van der Waals surface area contributed by atoms with Crippen molar-refractivity contribution >= 4 is 10.0 Å². The maximum absolute atomic E-state index is 13.2. The fourth-order valence-corrected chi connectivity index (χ4v) is 3.51. The molecule has 2 heterocycles. The number of aromatic nitrogens is 3. The monoisotopic (exact) mass is 378 g/mol. The number of rotatable bonds is 6. The lowest BCUT2D eigenvalue weighted by atomic mass is 10.2. The zero-order chi connectivity index (χ0) is 18.7. The van der Waals surface area contributed by atoms with Crippen LogP contribution >= 0.6 is 0 Å². The zero-order valence-electron chi connectivity index (χ0n) is 13.9. The van der Waals surface area contributed by atoms with E-state index in [1.807, 2.05) is 6.20 Å². The van der Waals surface area contributed by atoms with E-state index in [2.05, 4.69) is 14.8 Å². The second-order valence-electron chi connectivity index (χ2n) is 5.81. The van der Waals surface area contributed by atoms with Gasteiger partial charge in [-0.2, -0.15) is 5.10 Å². The normalized spacial score (nSPS) is 11.7. The van der Waals surface area contributed by atoms with Gasteiger partial charge in [-0.15, -0.1) is 0 Å². The molecule has 26 heavy (non-hydrogen) atoms. The molecular weight excluding hydrogens is 362 g/mol. The van der Waals surface area contributed by atoms with E-state index < -0.39 is 27.4 Å². The minimum atomic E-state index is -3.75. The lowest BCUT2D eigenvalue weighted by molar-refractivity contribution is 0.574. The molecule has 3 rings (SSSR count). The summed E-state index contributed by atoms with van der Waals surface area (Å²) < 4.78 is 54.6. The van der Waals surface area contributed by atoms with Gasteiger partial charge in [0.15, 0.2) is 0 Å². The van der Waals surface area contributed by atoms with Crippen LogP contribution in [0.1, 0.15) is 11.1 Å². The Hall–Kier alpha value is -2.65. The van der Waals surface area contributed by atoms with Crippen molar-refractivity contribution in [2.45, 2.75) is 12.3 Å². The van der Waals surface area contributed by atoms with Crippen molar-refractivity contribution in [3.63, 3.8) is 0 Å². The molecular formula is C17H16F2N4O2S. The van der Waals surface area contributed by atoms with Crippen LogP contribution in [0.25, 0.3) is 11.3 Å². The molecule has 0 saturated heterocycles. The zero-order valence-corrected chi connectivity index (χ0v) is 14.7. The van der Waals surface area contributed by atoms with Gasteiger partial charge in [-0.3, -0.25) is 9.67 Å². The van der Waals surface area contributed by atoms with Crippen LogP contribution in [0.3, 0.4) is 0 Å². The molecule has 0 spiro atoms. The van der Waals surface area contributed by atoms with Crippen molar-refractivity contribution in [1.82, 2.24) is 19.5 Å². The minimum Gasteiger partial charge on any atom is -0.275 e. The van der Waals surface area contributed by atoms with Crippen molar-refractivity contribution in [3.05, 3.63) is 71.7 Å². The number of benzene rings is 1. The fourth-order valence-electron chi connectivity index (χ4n) is 2.41. The third-order valence-corrected chi connectivity index (χ3v) is 4.90. The number of nitrogens with one attached hydrogen (secondary N) is 1. The molecule has 0 radical (unpaired) electrons. The van der Waals surface area contributed by atoms with E-state index in [0.29, 0.717) is 11.6 Å². The molecule has 9 heteroatoms. The Balaban J connectivity index is 1.64. The van der Waals surface area contributed by atoms with Crippen molar-refractivity contribution in [1.29, 1.82) is 0 Å². The second-order valence-corrected chi connectivity index (χ2v) is 7.62. The summed E-state index contributed by atoms with van der Waals surface area (Å²) in [5.41, 5.74) is 2.28. The van der Waals surface area contributed by atoms with E-state index in [1.165, 1.54) is 0 Å². The summed E-state index contributed by atoms with van der Waals surface area (Å²) in [7, 11) is -1.95. The number of nitrogens with zero attached hydrogens (tertiary/aromatic N) is 3. The summed E-state index contributed by atoms with van der Waals surface area (Å²) in [4.78, 5) is 4.28.